The van der Waals surface area contributed by atoms with E-state index in [0.717, 1.165) is 4.43 Å². The van der Waals surface area contributed by atoms with Crippen molar-refractivity contribution in [3.05, 3.63) is 57.7 Å². The fourth-order valence-electron chi connectivity index (χ4n) is 2.26. The molecule has 84 valence electrons. The largest absolute Gasteiger partial charge is 0.0812 e. The van der Waals surface area contributed by atoms with Crippen LogP contribution in [0.3, 0.4) is 0 Å². The molecule has 3 aromatic rings. The molecule has 0 unspecified atom stereocenters. The van der Waals surface area contributed by atoms with Gasteiger partial charge in [0.15, 0.2) is 0 Å². The van der Waals surface area contributed by atoms with Gasteiger partial charge >= 0.3 is 0 Å². The zero-order chi connectivity index (χ0) is 11.8. The summed E-state index contributed by atoms with van der Waals surface area (Å²) in [5.74, 6) is 0. The second kappa shape index (κ2) is 4.72. The van der Waals surface area contributed by atoms with Gasteiger partial charge in [-0.15, -0.1) is 0 Å². The minimum atomic E-state index is 1.06. The van der Waals surface area contributed by atoms with Crippen molar-refractivity contribution in [3.63, 3.8) is 0 Å². The number of halogens is 2. The van der Waals surface area contributed by atoms with Gasteiger partial charge in [-0.3, -0.25) is 0 Å². The maximum Gasteiger partial charge on any atom is 0.0253 e. The molecular formula is C15H10I2. The van der Waals surface area contributed by atoms with Gasteiger partial charge < -0.3 is 0 Å². The fraction of sp³-hybridized carbons (Fsp3) is 0.0667. The molecular weight excluding hydrogens is 434 g/mol. The average molecular weight is 444 g/mol. The molecule has 0 N–H and O–H groups in total. The maximum atomic E-state index is 2.44. The van der Waals surface area contributed by atoms with Crippen molar-refractivity contribution in [3.8, 4) is 0 Å². The fourth-order valence-corrected chi connectivity index (χ4v) is 3.38. The van der Waals surface area contributed by atoms with Gasteiger partial charge in [-0.05, 0) is 67.9 Å². The second-order valence-corrected chi connectivity index (χ2v) is 6.09. The van der Waals surface area contributed by atoms with Crippen LogP contribution in [-0.4, -0.2) is 0 Å². The Morgan fingerprint density at radius 2 is 1.59 bits per heavy atom. The zero-order valence-corrected chi connectivity index (χ0v) is 13.4. The van der Waals surface area contributed by atoms with Gasteiger partial charge in [0.2, 0.25) is 0 Å². The molecule has 0 aliphatic heterocycles. The van der Waals surface area contributed by atoms with E-state index in [1.165, 1.54) is 30.7 Å². The van der Waals surface area contributed by atoms with E-state index in [-0.39, 0.29) is 0 Å². The molecule has 2 heteroatoms. The van der Waals surface area contributed by atoms with Crippen LogP contribution >= 0.6 is 45.2 Å². The predicted octanol–water partition coefficient (Wildman–Crippen LogP) is 5.53. The molecule has 3 aromatic carbocycles. The van der Waals surface area contributed by atoms with Crippen molar-refractivity contribution in [1.29, 1.82) is 0 Å². The first kappa shape index (κ1) is 11.7. The van der Waals surface area contributed by atoms with Crippen LogP contribution in [0.25, 0.3) is 21.5 Å². The Balaban J connectivity index is 2.55. The highest BCUT2D eigenvalue weighted by Gasteiger charge is 2.05. The highest BCUT2D eigenvalue weighted by Crippen LogP contribution is 2.30. The lowest BCUT2D eigenvalue weighted by molar-refractivity contribution is 1.53. The molecule has 0 atom stereocenters. The van der Waals surface area contributed by atoms with E-state index in [1.807, 2.05) is 0 Å². The quantitative estimate of drug-likeness (QED) is 0.263. The number of hydrogen-bond acceptors (Lipinski definition) is 0. The van der Waals surface area contributed by atoms with Crippen LogP contribution in [0, 0.1) is 3.57 Å². The van der Waals surface area contributed by atoms with Crippen molar-refractivity contribution >= 4 is 66.7 Å². The zero-order valence-electron chi connectivity index (χ0n) is 9.08. The number of fused-ring (bicyclic) bond motifs is 3. The third-order valence-electron chi connectivity index (χ3n) is 3.05. The first-order valence-corrected chi connectivity index (χ1v) is 8.06. The van der Waals surface area contributed by atoms with Crippen molar-refractivity contribution < 1.29 is 0 Å². The Bertz CT molecular complexity index is 702. The van der Waals surface area contributed by atoms with E-state index in [2.05, 4.69) is 93.7 Å². The van der Waals surface area contributed by atoms with Gasteiger partial charge in [-0.1, -0.05) is 52.9 Å². The Hall–Kier alpha value is -0.360. The summed E-state index contributed by atoms with van der Waals surface area (Å²) in [5.41, 5.74) is 1.43. The third-order valence-corrected chi connectivity index (χ3v) is 4.55. The standard InChI is InChI=1S/C15H10I2/c16-9-11-7-10-5-6-12(17)8-15(10)14-4-2-1-3-13(11)14/h1-8H,9H2. The van der Waals surface area contributed by atoms with Crippen molar-refractivity contribution in [2.24, 2.45) is 0 Å². The smallest absolute Gasteiger partial charge is 0.0253 e. The topological polar surface area (TPSA) is 0 Å². The van der Waals surface area contributed by atoms with Gasteiger partial charge in [0.1, 0.15) is 0 Å². The van der Waals surface area contributed by atoms with E-state index in [4.69, 9.17) is 0 Å². The van der Waals surface area contributed by atoms with E-state index >= 15 is 0 Å². The first-order valence-electron chi connectivity index (χ1n) is 5.45. The summed E-state index contributed by atoms with van der Waals surface area (Å²) in [5, 5.41) is 5.46. The Morgan fingerprint density at radius 3 is 2.35 bits per heavy atom. The summed E-state index contributed by atoms with van der Waals surface area (Å²) in [6, 6.07) is 17.7. The number of hydrogen-bond donors (Lipinski definition) is 0. The summed E-state index contributed by atoms with van der Waals surface area (Å²) >= 11 is 4.82. The normalized spacial score (nSPS) is 11.2. The molecule has 0 spiro atoms. The maximum absolute atomic E-state index is 2.44. The number of alkyl halides is 1. The molecule has 0 saturated heterocycles. The Kier molecular flexibility index (Phi) is 3.25. The molecule has 3 rings (SSSR count). The molecule has 0 aliphatic rings. The van der Waals surface area contributed by atoms with Gasteiger partial charge in [-0.2, -0.15) is 0 Å². The van der Waals surface area contributed by atoms with Crippen LogP contribution in [0.1, 0.15) is 5.56 Å². The first-order chi connectivity index (χ1) is 8.29. The van der Waals surface area contributed by atoms with Gasteiger partial charge in [-0.25, -0.2) is 0 Å². The summed E-state index contributed by atoms with van der Waals surface area (Å²) in [4.78, 5) is 0. The van der Waals surface area contributed by atoms with E-state index in [9.17, 15) is 0 Å². The number of benzene rings is 3. The molecule has 0 nitrogen and oxygen atoms in total. The summed E-state index contributed by atoms with van der Waals surface area (Å²) in [6.45, 7) is 0. The van der Waals surface area contributed by atoms with Crippen LogP contribution in [-0.2, 0) is 4.43 Å². The highest BCUT2D eigenvalue weighted by atomic mass is 127. The molecule has 0 bridgehead atoms. The molecule has 0 heterocycles. The molecule has 0 radical (unpaired) electrons. The monoisotopic (exact) mass is 444 g/mol. The molecule has 0 aliphatic carbocycles. The highest BCUT2D eigenvalue weighted by molar-refractivity contribution is 14.1. The third kappa shape index (κ3) is 2.05. The predicted molar refractivity (Wildman–Crippen MR) is 91.9 cm³/mol. The lowest BCUT2D eigenvalue weighted by Crippen LogP contribution is -1.85. The lowest BCUT2D eigenvalue weighted by Gasteiger charge is -2.08. The van der Waals surface area contributed by atoms with Crippen LogP contribution in [0.2, 0.25) is 0 Å². The van der Waals surface area contributed by atoms with Crippen LogP contribution in [0.5, 0.6) is 0 Å². The Morgan fingerprint density at radius 1 is 0.824 bits per heavy atom. The molecule has 0 fully saturated rings. The summed E-state index contributed by atoms with van der Waals surface area (Å²) in [6.07, 6.45) is 0. The average Bonchev–Trinajstić information content (AvgIpc) is 2.38. The summed E-state index contributed by atoms with van der Waals surface area (Å²) in [7, 11) is 0. The van der Waals surface area contributed by atoms with Crippen LogP contribution < -0.4 is 0 Å². The molecule has 17 heavy (non-hydrogen) atoms. The second-order valence-electron chi connectivity index (χ2n) is 4.08. The van der Waals surface area contributed by atoms with E-state index < -0.39 is 0 Å². The molecule has 0 saturated carbocycles. The van der Waals surface area contributed by atoms with Crippen LogP contribution in [0.15, 0.2) is 48.5 Å². The van der Waals surface area contributed by atoms with Crippen molar-refractivity contribution in [2.45, 2.75) is 4.43 Å². The molecule has 0 amide bonds. The van der Waals surface area contributed by atoms with Crippen molar-refractivity contribution in [1.82, 2.24) is 0 Å². The Labute approximate surface area is 128 Å². The number of rotatable bonds is 1. The minimum absolute atomic E-state index is 1.06. The van der Waals surface area contributed by atoms with Crippen molar-refractivity contribution in [2.75, 3.05) is 0 Å². The lowest BCUT2D eigenvalue weighted by atomic mass is 9.98. The summed E-state index contributed by atoms with van der Waals surface area (Å²) < 4.78 is 2.35. The van der Waals surface area contributed by atoms with Gasteiger partial charge in [0, 0.05) is 8.00 Å². The van der Waals surface area contributed by atoms with E-state index in [1.54, 1.807) is 0 Å². The van der Waals surface area contributed by atoms with E-state index in [0.29, 0.717) is 0 Å². The van der Waals surface area contributed by atoms with Gasteiger partial charge in [0.25, 0.3) is 0 Å². The minimum Gasteiger partial charge on any atom is -0.0812 e. The molecule has 0 aromatic heterocycles. The van der Waals surface area contributed by atoms with Crippen LogP contribution in [0.4, 0.5) is 0 Å². The SMILES string of the molecule is ICc1cc2ccc(I)cc2c2ccccc12. The van der Waals surface area contributed by atoms with Gasteiger partial charge in [0.05, 0.1) is 0 Å².